The summed E-state index contributed by atoms with van der Waals surface area (Å²) in [7, 11) is -3.29. The third kappa shape index (κ3) is 1.79. The lowest BCUT2D eigenvalue weighted by atomic mass is 9.95. The van der Waals surface area contributed by atoms with Crippen molar-refractivity contribution in [3.63, 3.8) is 0 Å². The van der Waals surface area contributed by atoms with E-state index >= 15 is 0 Å². The maximum Gasteiger partial charge on any atom is 0.243 e. The Morgan fingerprint density at radius 1 is 0.778 bits per heavy atom. The maximum absolute atomic E-state index is 12.6. The average molecular weight is 267 g/mol. The minimum absolute atomic E-state index is 0.530. The Bertz CT molecular complexity index is 570. The zero-order chi connectivity index (χ0) is 13.7. The van der Waals surface area contributed by atoms with Gasteiger partial charge in [-0.25, -0.2) is 8.42 Å². The second-order valence-electron chi connectivity index (χ2n) is 5.21. The van der Waals surface area contributed by atoms with Gasteiger partial charge < -0.3 is 0 Å². The molecule has 0 saturated carbocycles. The van der Waals surface area contributed by atoms with Gasteiger partial charge in [0.1, 0.15) is 0 Å². The molecule has 0 atom stereocenters. The van der Waals surface area contributed by atoms with E-state index in [4.69, 9.17) is 0 Å². The van der Waals surface area contributed by atoms with Crippen LogP contribution in [-0.4, -0.2) is 25.8 Å². The standard InChI is InChI=1S/C14H21NO2S/c1-9-10(2)12(4)14(13(5)11(9)3)18(16,17)15-7-6-8-15/h6-8H2,1-5H3. The van der Waals surface area contributed by atoms with Crippen molar-refractivity contribution in [2.24, 2.45) is 0 Å². The van der Waals surface area contributed by atoms with Crippen LogP contribution in [0.15, 0.2) is 4.90 Å². The molecular formula is C14H21NO2S. The van der Waals surface area contributed by atoms with Gasteiger partial charge in [0.2, 0.25) is 10.0 Å². The van der Waals surface area contributed by atoms with Gasteiger partial charge in [-0.3, -0.25) is 0 Å². The van der Waals surface area contributed by atoms with Gasteiger partial charge in [0.25, 0.3) is 0 Å². The van der Waals surface area contributed by atoms with E-state index in [1.165, 1.54) is 5.56 Å². The normalized spacial score (nSPS) is 16.7. The molecule has 0 N–H and O–H groups in total. The first-order valence-corrected chi connectivity index (χ1v) is 7.79. The summed E-state index contributed by atoms with van der Waals surface area (Å²) in [5.41, 5.74) is 5.20. The molecule has 0 unspecified atom stereocenters. The van der Waals surface area contributed by atoms with Gasteiger partial charge in [-0.1, -0.05) is 0 Å². The van der Waals surface area contributed by atoms with Crippen LogP contribution in [0.5, 0.6) is 0 Å². The summed E-state index contributed by atoms with van der Waals surface area (Å²) in [6, 6.07) is 0. The zero-order valence-electron chi connectivity index (χ0n) is 11.8. The highest BCUT2D eigenvalue weighted by Gasteiger charge is 2.33. The molecule has 0 radical (unpaired) electrons. The molecule has 100 valence electrons. The van der Waals surface area contributed by atoms with Crippen LogP contribution in [-0.2, 0) is 10.0 Å². The lowest BCUT2D eigenvalue weighted by Crippen LogP contribution is -2.42. The predicted octanol–water partition coefficient (Wildman–Crippen LogP) is 2.62. The largest absolute Gasteiger partial charge is 0.243 e. The molecule has 0 aliphatic carbocycles. The Hall–Kier alpha value is -0.870. The van der Waals surface area contributed by atoms with Crippen LogP contribution in [0.4, 0.5) is 0 Å². The highest BCUT2D eigenvalue weighted by molar-refractivity contribution is 7.89. The van der Waals surface area contributed by atoms with Gasteiger partial charge in [0.05, 0.1) is 4.90 Å². The molecule has 0 bridgehead atoms. The third-order valence-electron chi connectivity index (χ3n) is 4.34. The molecule has 0 spiro atoms. The van der Waals surface area contributed by atoms with E-state index in [0.29, 0.717) is 18.0 Å². The molecule has 0 amide bonds. The molecule has 1 aromatic carbocycles. The maximum atomic E-state index is 12.6. The van der Waals surface area contributed by atoms with Gasteiger partial charge in [-0.2, -0.15) is 4.31 Å². The smallest absolute Gasteiger partial charge is 0.207 e. The fourth-order valence-corrected chi connectivity index (χ4v) is 4.59. The molecule has 1 heterocycles. The molecule has 1 aliphatic rings. The number of rotatable bonds is 2. The summed E-state index contributed by atoms with van der Waals surface area (Å²) in [5, 5.41) is 0. The molecular weight excluding hydrogens is 246 g/mol. The molecule has 0 aromatic heterocycles. The number of hydrogen-bond donors (Lipinski definition) is 0. The molecule has 4 heteroatoms. The van der Waals surface area contributed by atoms with Gasteiger partial charge in [-0.05, 0) is 68.9 Å². The van der Waals surface area contributed by atoms with Crippen LogP contribution in [0.25, 0.3) is 0 Å². The lowest BCUT2D eigenvalue weighted by Gasteiger charge is -2.32. The van der Waals surface area contributed by atoms with Gasteiger partial charge in [0, 0.05) is 13.1 Å². The summed E-state index contributed by atoms with van der Waals surface area (Å²) in [6.07, 6.45) is 0.973. The van der Waals surface area contributed by atoms with E-state index in [9.17, 15) is 8.42 Å². The van der Waals surface area contributed by atoms with Crippen LogP contribution in [0.1, 0.15) is 34.2 Å². The summed E-state index contributed by atoms with van der Waals surface area (Å²) >= 11 is 0. The van der Waals surface area contributed by atoms with E-state index in [1.807, 2.05) is 27.7 Å². The number of hydrogen-bond acceptors (Lipinski definition) is 2. The van der Waals surface area contributed by atoms with Crippen LogP contribution in [0.2, 0.25) is 0 Å². The Kier molecular flexibility index (Phi) is 3.28. The lowest BCUT2D eigenvalue weighted by molar-refractivity contribution is 0.309. The second-order valence-corrected chi connectivity index (χ2v) is 7.09. The fraction of sp³-hybridized carbons (Fsp3) is 0.571. The van der Waals surface area contributed by atoms with E-state index in [2.05, 4.69) is 6.92 Å². The van der Waals surface area contributed by atoms with Crippen molar-refractivity contribution in [2.75, 3.05) is 13.1 Å². The van der Waals surface area contributed by atoms with Crippen LogP contribution >= 0.6 is 0 Å². The Labute approximate surface area is 110 Å². The minimum atomic E-state index is -3.29. The van der Waals surface area contributed by atoms with Gasteiger partial charge in [0.15, 0.2) is 0 Å². The number of benzene rings is 1. The monoisotopic (exact) mass is 267 g/mol. The summed E-state index contributed by atoms with van der Waals surface area (Å²) in [4.78, 5) is 0.530. The first kappa shape index (κ1) is 13.6. The van der Waals surface area contributed by atoms with Crippen molar-refractivity contribution < 1.29 is 8.42 Å². The topological polar surface area (TPSA) is 37.4 Å². The second kappa shape index (κ2) is 4.35. The minimum Gasteiger partial charge on any atom is -0.207 e. The Balaban J connectivity index is 2.72. The highest BCUT2D eigenvalue weighted by Crippen LogP contribution is 2.32. The van der Waals surface area contributed by atoms with Crippen LogP contribution in [0, 0.1) is 34.6 Å². The average Bonchev–Trinajstić information content (AvgIpc) is 2.20. The molecule has 1 aromatic rings. The first-order valence-electron chi connectivity index (χ1n) is 6.35. The quantitative estimate of drug-likeness (QED) is 0.826. The van der Waals surface area contributed by atoms with E-state index < -0.39 is 10.0 Å². The number of nitrogens with zero attached hydrogens (tertiary/aromatic N) is 1. The first-order chi connectivity index (χ1) is 8.28. The van der Waals surface area contributed by atoms with Crippen molar-refractivity contribution in [1.82, 2.24) is 4.31 Å². The van der Waals surface area contributed by atoms with Crippen molar-refractivity contribution >= 4 is 10.0 Å². The SMILES string of the molecule is Cc1c(C)c(C)c(S(=O)(=O)N2CCC2)c(C)c1C. The molecule has 18 heavy (non-hydrogen) atoms. The van der Waals surface area contributed by atoms with Gasteiger partial charge in [-0.15, -0.1) is 0 Å². The highest BCUT2D eigenvalue weighted by atomic mass is 32.2. The molecule has 2 rings (SSSR count). The van der Waals surface area contributed by atoms with Gasteiger partial charge >= 0.3 is 0 Å². The van der Waals surface area contributed by atoms with Crippen molar-refractivity contribution in [1.29, 1.82) is 0 Å². The van der Waals surface area contributed by atoms with Crippen molar-refractivity contribution in [3.05, 3.63) is 27.8 Å². The summed E-state index contributed by atoms with van der Waals surface area (Å²) in [6.45, 7) is 11.2. The zero-order valence-corrected chi connectivity index (χ0v) is 12.6. The van der Waals surface area contributed by atoms with E-state index in [-0.39, 0.29) is 0 Å². The molecule has 1 saturated heterocycles. The van der Waals surface area contributed by atoms with Crippen molar-refractivity contribution in [3.8, 4) is 0 Å². The molecule has 1 fully saturated rings. The number of sulfonamides is 1. The fourth-order valence-electron chi connectivity index (χ4n) is 2.51. The van der Waals surface area contributed by atoms with Crippen LogP contribution < -0.4 is 0 Å². The summed E-state index contributed by atoms with van der Waals surface area (Å²) in [5.74, 6) is 0. The van der Waals surface area contributed by atoms with E-state index in [1.54, 1.807) is 4.31 Å². The van der Waals surface area contributed by atoms with E-state index in [0.717, 1.165) is 28.7 Å². The Morgan fingerprint density at radius 3 is 1.50 bits per heavy atom. The van der Waals surface area contributed by atoms with Crippen LogP contribution in [0.3, 0.4) is 0 Å². The van der Waals surface area contributed by atoms with Crippen molar-refractivity contribution in [2.45, 2.75) is 45.9 Å². The Morgan fingerprint density at radius 2 is 1.17 bits per heavy atom. The predicted molar refractivity (Wildman–Crippen MR) is 73.5 cm³/mol. The third-order valence-corrected chi connectivity index (χ3v) is 6.52. The summed E-state index contributed by atoms with van der Waals surface area (Å²) < 4.78 is 26.8. The molecule has 1 aliphatic heterocycles. The molecule has 3 nitrogen and oxygen atoms in total.